The Hall–Kier alpha value is -4.04. The maximum absolute atomic E-state index is 14.5. The molecule has 0 bridgehead atoms. The highest BCUT2D eigenvalue weighted by Gasteiger charge is 2.46. The summed E-state index contributed by atoms with van der Waals surface area (Å²) in [7, 11) is -4.77. The third-order valence-electron chi connectivity index (χ3n) is 9.73. The van der Waals surface area contributed by atoms with Gasteiger partial charge in [-0.25, -0.2) is 8.96 Å². The minimum atomic E-state index is -4.77. The number of hydrogen-bond acceptors (Lipinski definition) is 6. The number of phosphoric acid groups is 1. The number of hydrogen-bond donors (Lipinski definition) is 7. The smallest absolute Gasteiger partial charge is 0.404 e. The van der Waals surface area contributed by atoms with Gasteiger partial charge < -0.3 is 31.2 Å². The topological polar surface area (TPSA) is 196 Å². The Bertz CT molecular complexity index is 2110. The Balaban J connectivity index is 1.48. The van der Waals surface area contributed by atoms with Crippen molar-refractivity contribution in [1.82, 2.24) is 20.9 Å². The fourth-order valence-electron chi connectivity index (χ4n) is 6.65. The predicted molar refractivity (Wildman–Crippen MR) is 209 cm³/mol. The first-order valence-electron chi connectivity index (χ1n) is 17.3. The van der Waals surface area contributed by atoms with Gasteiger partial charge in [0, 0.05) is 22.5 Å². The zero-order valence-corrected chi connectivity index (χ0v) is 32.7. The molecule has 8 N–H and O–H groups in total. The number of benzene rings is 3. The van der Waals surface area contributed by atoms with Gasteiger partial charge in [0.15, 0.2) is 0 Å². The fraction of sp³-hybridized carbons (Fsp3) is 0.351. The summed E-state index contributed by atoms with van der Waals surface area (Å²) in [5.41, 5.74) is 7.56. The normalized spacial score (nSPS) is 17.2. The lowest BCUT2D eigenvalue weighted by molar-refractivity contribution is -0.136. The number of nitrogens with two attached hydrogens (primary N) is 1. The summed E-state index contributed by atoms with van der Waals surface area (Å²) < 4.78 is 30.4. The second-order valence-corrected chi connectivity index (χ2v) is 16.0. The monoisotopic (exact) mass is 819 g/mol. The molecule has 5 rings (SSSR count). The van der Waals surface area contributed by atoms with E-state index in [1.807, 2.05) is 13.8 Å². The number of nitrogens with one attached hydrogen (secondary N) is 4. The summed E-state index contributed by atoms with van der Waals surface area (Å²) in [6.07, 6.45) is 1.12. The van der Waals surface area contributed by atoms with Gasteiger partial charge in [-0.3, -0.25) is 24.2 Å². The lowest BCUT2D eigenvalue weighted by Crippen LogP contribution is -2.66. The van der Waals surface area contributed by atoms with E-state index in [-0.39, 0.29) is 54.3 Å². The van der Waals surface area contributed by atoms with Crippen molar-refractivity contribution in [3.8, 4) is 5.75 Å². The van der Waals surface area contributed by atoms with Crippen LogP contribution in [0.4, 0.5) is 4.39 Å². The Morgan fingerprint density at radius 2 is 1.81 bits per heavy atom. The molecule has 1 aliphatic carbocycles. The van der Waals surface area contributed by atoms with Gasteiger partial charge in [0.1, 0.15) is 23.1 Å². The zero-order valence-electron chi connectivity index (χ0n) is 29.5. The minimum Gasteiger partial charge on any atom is -0.404 e. The molecule has 3 aromatic carbocycles. The van der Waals surface area contributed by atoms with Gasteiger partial charge in [-0.05, 0) is 78.6 Å². The Morgan fingerprint density at radius 3 is 2.46 bits per heavy atom. The number of carbonyl (C=O) groups excluding carboxylic acids is 3. The first kappa shape index (κ1) is 41.1. The second-order valence-electron chi connectivity index (χ2n) is 13.5. The van der Waals surface area contributed by atoms with Crippen LogP contribution in [0.3, 0.4) is 0 Å². The summed E-state index contributed by atoms with van der Waals surface area (Å²) in [5, 5.41) is 10.2. The number of carbonyl (C=O) groups is 3. The molecule has 1 unspecified atom stereocenters. The molecule has 0 aliphatic heterocycles. The van der Waals surface area contributed by atoms with Crippen LogP contribution in [0.1, 0.15) is 55.5 Å². The van der Waals surface area contributed by atoms with E-state index in [2.05, 4.69) is 25.5 Å². The molecule has 54 heavy (non-hydrogen) atoms. The quantitative estimate of drug-likeness (QED) is 0.0590. The van der Waals surface area contributed by atoms with Crippen molar-refractivity contribution in [2.45, 2.75) is 76.4 Å². The summed E-state index contributed by atoms with van der Waals surface area (Å²) >= 11 is 18.3. The number of H-pyrrole nitrogens is 1. The molecule has 17 heteroatoms. The number of fused-ring (bicyclic) bond motifs is 3. The highest BCUT2D eigenvalue weighted by molar-refractivity contribution is 7.80. The molecule has 0 saturated heterocycles. The molecule has 1 heterocycles. The number of rotatable bonds is 15. The maximum atomic E-state index is 14.5. The molecular weight excluding hydrogens is 779 g/mol. The molecule has 4 atom stereocenters. The number of thiocarbonyl (C=S) groups is 1. The molecule has 288 valence electrons. The highest BCUT2D eigenvalue weighted by atomic mass is 35.5. The molecular formula is C37H41Cl2FN5O7PS. The number of aromatic amines is 1. The molecule has 0 saturated carbocycles. The SMILES string of the molecule is CC[C@H](C)C(NC(=O)[C@@]1(NC(=O)[C@H](CCc2ccc(OP(=O)(O)O)cc2)NC(=O)Cc2ccccc2F)CCc2[nH]c3c(Cl)cc(Cl)cc3c2C1)C(N)=S. The van der Waals surface area contributed by atoms with Crippen LogP contribution in [0.25, 0.3) is 10.9 Å². The molecule has 12 nitrogen and oxygen atoms in total. The number of halogens is 3. The van der Waals surface area contributed by atoms with E-state index in [0.29, 0.717) is 39.4 Å². The average molecular weight is 821 g/mol. The van der Waals surface area contributed by atoms with Crippen molar-refractivity contribution in [2.75, 3.05) is 0 Å². The van der Waals surface area contributed by atoms with Crippen molar-refractivity contribution in [2.24, 2.45) is 11.7 Å². The number of amides is 3. The van der Waals surface area contributed by atoms with Gasteiger partial charge in [-0.15, -0.1) is 0 Å². The number of aryl methyl sites for hydroxylation is 2. The minimum absolute atomic E-state index is 0.0389. The zero-order chi connectivity index (χ0) is 39.4. The van der Waals surface area contributed by atoms with E-state index < -0.39 is 49.0 Å². The largest absolute Gasteiger partial charge is 0.524 e. The second kappa shape index (κ2) is 17.2. The van der Waals surface area contributed by atoms with Gasteiger partial charge in [0.05, 0.1) is 28.0 Å². The van der Waals surface area contributed by atoms with E-state index >= 15 is 0 Å². The molecule has 1 aliphatic rings. The maximum Gasteiger partial charge on any atom is 0.524 e. The van der Waals surface area contributed by atoms with Crippen LogP contribution in [-0.2, 0) is 44.6 Å². The molecule has 0 spiro atoms. The van der Waals surface area contributed by atoms with Crippen molar-refractivity contribution in [3.63, 3.8) is 0 Å². The first-order valence-corrected chi connectivity index (χ1v) is 20.0. The van der Waals surface area contributed by atoms with Crippen molar-refractivity contribution in [3.05, 3.63) is 98.9 Å². The summed E-state index contributed by atoms with van der Waals surface area (Å²) in [6.45, 7) is 3.85. The van der Waals surface area contributed by atoms with E-state index in [0.717, 1.165) is 11.3 Å². The number of aromatic nitrogens is 1. The molecule has 0 fully saturated rings. The Morgan fingerprint density at radius 1 is 1.11 bits per heavy atom. The van der Waals surface area contributed by atoms with E-state index in [1.165, 1.54) is 30.3 Å². The van der Waals surface area contributed by atoms with E-state index in [1.54, 1.807) is 30.3 Å². The van der Waals surface area contributed by atoms with Crippen LogP contribution >= 0.6 is 43.2 Å². The van der Waals surface area contributed by atoms with Crippen molar-refractivity contribution < 1.29 is 37.6 Å². The molecule has 0 radical (unpaired) electrons. The van der Waals surface area contributed by atoms with Gasteiger partial charge in [0.25, 0.3) is 0 Å². The van der Waals surface area contributed by atoms with Crippen LogP contribution < -0.4 is 26.2 Å². The standard InChI is InChI=1S/C37H41Cl2FN5O7PS/c1-3-20(2)32(34(41)54)44-36(48)37(15-14-29-26(19-37)25-17-23(38)18-27(39)33(25)43-29)45-35(47)30(42-31(46)16-22-6-4-5-7-28(22)40)13-10-21-8-11-24(12-9-21)52-53(49,50)51/h4-9,11-12,17-18,20,30,32,43H,3,10,13-16,19H2,1-2H3,(H2,41,54)(H,42,46)(H,44,48)(H,45,47)(H2,49,50,51)/t20-,30-,32?,37+/m0/s1. The van der Waals surface area contributed by atoms with E-state index in [9.17, 15) is 23.3 Å². The molecule has 4 aromatic rings. The number of phosphoric ester groups is 1. The van der Waals surface area contributed by atoms with E-state index in [4.69, 9.17) is 50.9 Å². The molecule has 1 aromatic heterocycles. The highest BCUT2D eigenvalue weighted by Crippen LogP contribution is 2.39. The van der Waals surface area contributed by atoms with Crippen LogP contribution in [0.5, 0.6) is 5.75 Å². The van der Waals surface area contributed by atoms with Crippen molar-refractivity contribution >= 4 is 76.9 Å². The van der Waals surface area contributed by atoms with Crippen LogP contribution in [-0.4, -0.2) is 55.1 Å². The van der Waals surface area contributed by atoms with Crippen molar-refractivity contribution in [1.29, 1.82) is 0 Å². The average Bonchev–Trinajstić information content (AvgIpc) is 3.47. The van der Waals surface area contributed by atoms with Gasteiger partial charge >= 0.3 is 7.82 Å². The Labute approximate surface area is 326 Å². The molecule has 3 amide bonds. The lowest BCUT2D eigenvalue weighted by Gasteiger charge is -2.39. The van der Waals surface area contributed by atoms with Crippen LogP contribution in [0.15, 0.2) is 60.7 Å². The van der Waals surface area contributed by atoms with Gasteiger partial charge in [-0.1, -0.05) is 86.0 Å². The fourth-order valence-corrected chi connectivity index (χ4v) is 7.88. The lowest BCUT2D eigenvalue weighted by atomic mass is 9.78. The third kappa shape index (κ3) is 9.98. The summed E-state index contributed by atoms with van der Waals surface area (Å²) in [5.74, 6) is -2.55. The predicted octanol–water partition coefficient (Wildman–Crippen LogP) is 5.61. The summed E-state index contributed by atoms with van der Waals surface area (Å²) in [6, 6.07) is 13.2. The summed E-state index contributed by atoms with van der Waals surface area (Å²) in [4.78, 5) is 64.1. The van der Waals surface area contributed by atoms with Crippen LogP contribution in [0.2, 0.25) is 10.0 Å². The Kier molecular flexibility index (Phi) is 13.1. The van der Waals surface area contributed by atoms with Gasteiger partial charge in [0.2, 0.25) is 17.7 Å². The van der Waals surface area contributed by atoms with Gasteiger partial charge in [-0.2, -0.15) is 0 Å². The first-order chi connectivity index (χ1) is 25.5. The third-order valence-corrected chi connectivity index (χ3v) is 11.0. The van der Waals surface area contributed by atoms with Crippen LogP contribution in [0, 0.1) is 11.7 Å².